The molecule has 7 aliphatic rings. The number of primary amides is 1. The first kappa shape index (κ1) is 84.6. The number of esters is 1. The Labute approximate surface area is 621 Å². The number of fused-ring (bicyclic) bond motifs is 8. The Kier molecular flexibility index (Phi) is 30.6. The van der Waals surface area contributed by atoms with Gasteiger partial charge in [0.05, 0.1) is 82.6 Å². The highest BCUT2D eigenvalue weighted by Crippen LogP contribution is 2.72. The van der Waals surface area contributed by atoms with Crippen molar-refractivity contribution in [2.75, 3.05) is 77.9 Å². The first-order valence-corrected chi connectivity index (χ1v) is 38.1. The number of nitrogens with two attached hydrogens (primary N) is 1. The van der Waals surface area contributed by atoms with Crippen LogP contribution in [0, 0.1) is 75.4 Å². The minimum Gasteiger partial charge on any atom is -0.457 e. The Hall–Kier alpha value is -7.06. The lowest BCUT2D eigenvalue weighted by Gasteiger charge is -2.63. The maximum atomic E-state index is 18.1. The van der Waals surface area contributed by atoms with Crippen molar-refractivity contribution >= 4 is 64.6 Å². The molecule has 0 radical (unpaired) electrons. The first-order valence-electron chi connectivity index (χ1n) is 38.1. The largest absolute Gasteiger partial charge is 0.457 e. The molecule has 1 aromatic carbocycles. The van der Waals surface area contributed by atoms with Crippen molar-refractivity contribution in [2.24, 2.45) is 69.3 Å². The van der Waals surface area contributed by atoms with Crippen LogP contribution in [0.3, 0.4) is 0 Å². The fourth-order valence-corrected chi connectivity index (χ4v) is 17.1. The third-order valence-electron chi connectivity index (χ3n) is 22.7. The second-order valence-corrected chi connectivity index (χ2v) is 31.5. The van der Waals surface area contributed by atoms with Crippen molar-refractivity contribution in [3.8, 4) is 11.8 Å². The van der Waals surface area contributed by atoms with Gasteiger partial charge in [-0.1, -0.05) is 66.2 Å². The molecule has 1 saturated heterocycles. The Morgan fingerprint density at radius 2 is 1.44 bits per heavy atom. The summed E-state index contributed by atoms with van der Waals surface area (Å²) in [5, 5.41) is 25.7. The maximum Gasteiger partial charge on any atom is 0.408 e. The summed E-state index contributed by atoms with van der Waals surface area (Å²) >= 11 is 0. The molecule has 6 amide bonds. The van der Waals surface area contributed by atoms with E-state index < -0.39 is 142 Å². The van der Waals surface area contributed by atoms with Crippen LogP contribution in [-0.4, -0.2) is 185 Å². The summed E-state index contributed by atoms with van der Waals surface area (Å²) in [6.07, 6.45) is 3.60. The van der Waals surface area contributed by atoms with Crippen molar-refractivity contribution in [3.63, 3.8) is 0 Å². The Morgan fingerprint density at radius 3 is 2.08 bits per heavy atom. The molecule has 8 rings (SSSR count). The summed E-state index contributed by atoms with van der Waals surface area (Å²) in [4.78, 5) is 134. The second kappa shape index (κ2) is 38.3. The zero-order chi connectivity index (χ0) is 77.2. The van der Waals surface area contributed by atoms with E-state index >= 15 is 8.78 Å². The number of urea groups is 1. The molecule has 588 valence electrons. The summed E-state index contributed by atoms with van der Waals surface area (Å²) < 4.78 is 80.9. The maximum absolute atomic E-state index is 18.1. The highest BCUT2D eigenvalue weighted by Gasteiger charge is 2.80. The van der Waals surface area contributed by atoms with Crippen molar-refractivity contribution in [2.45, 2.75) is 226 Å². The van der Waals surface area contributed by atoms with Crippen molar-refractivity contribution in [3.05, 3.63) is 53.6 Å². The molecule has 6 aliphatic carbocycles. The van der Waals surface area contributed by atoms with Crippen LogP contribution >= 0.6 is 0 Å². The van der Waals surface area contributed by atoms with Crippen LogP contribution in [0.4, 0.5) is 24.1 Å². The molecule has 16 atom stereocenters. The second-order valence-electron chi connectivity index (χ2n) is 31.5. The molecule has 0 aromatic heterocycles. The Morgan fingerprint density at radius 1 is 0.792 bits per heavy atom. The Bertz CT molecular complexity index is 3380. The summed E-state index contributed by atoms with van der Waals surface area (Å²) in [5.41, 5.74) is -2.69. The number of carbonyl (C=O) groups excluding carboxylic acids is 10. The highest BCUT2D eigenvalue weighted by molar-refractivity contribution is 6.02. The molecule has 2 unspecified atom stereocenters. The summed E-state index contributed by atoms with van der Waals surface area (Å²) in [6, 6.07) is 3.58. The molecular formula is C79H114F2N6O19. The van der Waals surface area contributed by atoms with Crippen LogP contribution in [0.2, 0.25) is 0 Å². The van der Waals surface area contributed by atoms with E-state index in [4.69, 9.17) is 43.6 Å². The number of ether oxygens (including phenoxy) is 8. The molecule has 25 nitrogen and oxygen atoms in total. The molecule has 27 heteroatoms. The van der Waals surface area contributed by atoms with Crippen molar-refractivity contribution < 1.29 is 99.7 Å². The molecule has 5 fully saturated rings. The van der Waals surface area contributed by atoms with Crippen LogP contribution in [0.1, 0.15) is 177 Å². The summed E-state index contributed by atoms with van der Waals surface area (Å²) in [5.74, 6) is 1.56. The topological polar surface area (TPSA) is 351 Å². The van der Waals surface area contributed by atoms with Gasteiger partial charge < -0.3 is 75.3 Å². The summed E-state index contributed by atoms with van der Waals surface area (Å²) in [7, 11) is 0. The highest BCUT2D eigenvalue weighted by atomic mass is 19.1. The average Bonchev–Trinajstić information content (AvgIpc) is 1.43. The molecular weight excluding hydrogens is 1370 g/mol. The lowest BCUT2D eigenvalue weighted by atomic mass is 9.44. The van der Waals surface area contributed by atoms with Crippen molar-refractivity contribution in [1.82, 2.24) is 21.3 Å². The average molecular weight is 1490 g/mol. The van der Waals surface area contributed by atoms with Gasteiger partial charge in [-0.15, -0.1) is 11.8 Å². The number of hydrogen-bond acceptors (Lipinski definition) is 19. The SMILES string of the molecule is CCCC1O[C@@H]2C[C@H]3[C@@H]4C[C@H](F)C5=CC(=O)C=C[C@]5(C)[C@@]4(F)[C@@H](O)C[C@]3(C)[C@]2(C(=O)COC(=O)C(C)(C)CC(=O)[C@H](CC(C)C)NC(=O)OCc2ccc(NC(=O)[C@H](CCCNC(N)=O)CC(=O)[C@@H](NC(=O)CCOCCOCCOCCOCCNC(=O)CCC3[C@H]4CCC#CCC[C@@H]34)C(C)C)cc2)O1. The molecule has 8 N–H and O–H groups in total. The number of anilines is 1. The fraction of sp³-hybridized carbons (Fsp3) is 0.722. The number of alkyl carbamates (subject to hydrolysis) is 1. The van der Waals surface area contributed by atoms with Gasteiger partial charge in [-0.05, 0) is 156 Å². The van der Waals surface area contributed by atoms with Gasteiger partial charge in [0, 0.05) is 80.0 Å². The quantitative estimate of drug-likeness (QED) is 0.0183. The van der Waals surface area contributed by atoms with Crippen LogP contribution in [0.25, 0.3) is 0 Å². The van der Waals surface area contributed by atoms with E-state index in [0.717, 1.165) is 50.0 Å². The van der Waals surface area contributed by atoms with E-state index in [9.17, 15) is 53.1 Å². The van der Waals surface area contributed by atoms with E-state index in [1.807, 2.05) is 20.8 Å². The number of allylic oxidation sites excluding steroid dienone is 4. The van der Waals surface area contributed by atoms with E-state index in [1.165, 1.54) is 32.9 Å². The minimum atomic E-state index is -2.42. The molecule has 0 bridgehead atoms. The number of hydrogen-bond donors (Lipinski definition) is 7. The van der Waals surface area contributed by atoms with E-state index in [-0.39, 0.29) is 107 Å². The minimum absolute atomic E-state index is 0.0319. The normalized spacial score (nSPS) is 28.4. The lowest BCUT2D eigenvalue weighted by molar-refractivity contribution is -0.235. The number of aliphatic hydroxyl groups excluding tert-OH is 1. The van der Waals surface area contributed by atoms with Gasteiger partial charge in [0.25, 0.3) is 0 Å². The first-order chi connectivity index (χ1) is 50.4. The standard InChI is InChI=1S/C79H114F2N6O19/c1-10-16-69-105-66-43-57-58-42-60(80)59-41-53(88)26-28-76(59,8)78(58,81)64(91)45-77(57,9)79(66,106-69)65(92)47-103-72(96)75(6,7)44-63(90)61(39-48(2)3)86-74(98)104-46-50-20-22-52(23-21-50)85-71(95)51(17-15-29-84-73(82)97)40-62(89)70(49(4)5)87-68(94)27-31-99-33-35-101-37-38-102-36-34-100-32-30-83-67(93)25-24-56-54-18-13-11-12-14-19-55(54)56/h20-23,26,28,41,48-49,51,54-58,60-61,64,66,69-70,91H,10,13-19,24-25,27,29-40,42-47H2,1-9H3,(H,83,93)(H,85,95)(H,86,98)(H,87,94)(H3,82,84,97)/t51-,54-,55+,56?,57+,58+,60+,61+,64+,66-,69?,70+,76+,77+,78+,79-/m1/s1. The van der Waals surface area contributed by atoms with Gasteiger partial charge in [-0.25, -0.2) is 18.4 Å². The molecule has 0 spiro atoms. The zero-order valence-electron chi connectivity index (χ0n) is 63.3. The number of amides is 6. The monoisotopic (exact) mass is 1490 g/mol. The van der Waals surface area contributed by atoms with Crippen LogP contribution in [0.15, 0.2) is 48.1 Å². The van der Waals surface area contributed by atoms with Gasteiger partial charge in [-0.3, -0.25) is 38.4 Å². The molecule has 4 saturated carbocycles. The number of Topliss-reactive ketones (excluding diaryl/α,β-unsaturated/α-hetero) is 3. The summed E-state index contributed by atoms with van der Waals surface area (Å²) in [6.45, 7) is 17.2. The number of rotatable bonds is 43. The van der Waals surface area contributed by atoms with E-state index in [1.54, 1.807) is 45.0 Å². The molecule has 1 aliphatic heterocycles. The fourth-order valence-electron chi connectivity index (χ4n) is 17.1. The van der Waals surface area contributed by atoms with Gasteiger partial charge in [-0.2, -0.15) is 0 Å². The number of halogens is 2. The lowest BCUT2D eigenvalue weighted by Crippen LogP contribution is -2.71. The number of nitrogens with one attached hydrogen (secondary N) is 5. The zero-order valence-corrected chi connectivity index (χ0v) is 63.3. The van der Waals surface area contributed by atoms with E-state index in [0.29, 0.717) is 82.4 Å². The van der Waals surface area contributed by atoms with E-state index in [2.05, 4.69) is 38.4 Å². The third-order valence-corrected chi connectivity index (χ3v) is 22.7. The number of carbonyl (C=O) groups is 10. The Balaban J connectivity index is 0.738. The van der Waals surface area contributed by atoms with Gasteiger partial charge >= 0.3 is 18.1 Å². The van der Waals surface area contributed by atoms with Crippen LogP contribution in [-0.2, 0) is 82.9 Å². The third kappa shape index (κ3) is 21.0. The smallest absolute Gasteiger partial charge is 0.408 e. The molecule has 106 heavy (non-hydrogen) atoms. The van der Waals surface area contributed by atoms with Crippen molar-refractivity contribution in [1.29, 1.82) is 0 Å². The molecule has 1 aromatic rings. The number of benzene rings is 1. The van der Waals surface area contributed by atoms with Gasteiger partial charge in [0.1, 0.15) is 12.8 Å². The van der Waals surface area contributed by atoms with Crippen LogP contribution in [0.5, 0.6) is 0 Å². The number of alkyl halides is 2. The number of aliphatic hydroxyl groups is 1. The predicted octanol–water partition coefficient (Wildman–Crippen LogP) is 8.53. The molecule has 1 heterocycles. The van der Waals surface area contributed by atoms with Gasteiger partial charge in [0.15, 0.2) is 41.5 Å². The van der Waals surface area contributed by atoms with Gasteiger partial charge in [0.2, 0.25) is 23.5 Å². The predicted molar refractivity (Wildman–Crippen MR) is 386 cm³/mol. The van der Waals surface area contributed by atoms with Crippen LogP contribution < -0.4 is 32.3 Å². The number of ketones is 4.